The standard InChI is InChI=1S/C16H17ClN2O2S/c1-10-4-2-3-7-19(10)15(20)9-14-16(21)18-12-8-11(17)5-6-13(12)22-14/h5-6,8-10H,2-4,7H2,1H3,(H,18,21). The van der Waals surface area contributed by atoms with Crippen molar-refractivity contribution in [3.8, 4) is 0 Å². The summed E-state index contributed by atoms with van der Waals surface area (Å²) < 4.78 is 0. The number of amides is 2. The summed E-state index contributed by atoms with van der Waals surface area (Å²) >= 11 is 7.24. The predicted molar refractivity (Wildman–Crippen MR) is 89.0 cm³/mol. The second kappa shape index (κ2) is 6.34. The third-order valence-corrected chi connectivity index (χ3v) is 5.31. The van der Waals surface area contributed by atoms with E-state index >= 15 is 0 Å². The molecule has 116 valence electrons. The Bertz CT molecular complexity index is 660. The summed E-state index contributed by atoms with van der Waals surface area (Å²) in [4.78, 5) is 27.8. The highest BCUT2D eigenvalue weighted by Crippen LogP contribution is 2.39. The van der Waals surface area contributed by atoms with Gasteiger partial charge in [0.25, 0.3) is 5.91 Å². The van der Waals surface area contributed by atoms with E-state index in [-0.39, 0.29) is 17.9 Å². The van der Waals surface area contributed by atoms with Crippen molar-refractivity contribution in [3.05, 3.63) is 34.2 Å². The van der Waals surface area contributed by atoms with Gasteiger partial charge in [0.2, 0.25) is 5.91 Å². The molecular formula is C16H17ClN2O2S. The maximum absolute atomic E-state index is 12.4. The van der Waals surface area contributed by atoms with Crippen LogP contribution in [0.25, 0.3) is 0 Å². The number of carbonyl (C=O) groups is 2. The normalized spacial score (nSPS) is 23.2. The fraction of sp³-hybridized carbons (Fsp3) is 0.375. The monoisotopic (exact) mass is 336 g/mol. The molecule has 2 heterocycles. The number of nitrogens with one attached hydrogen (secondary N) is 1. The Morgan fingerprint density at radius 3 is 3.05 bits per heavy atom. The molecule has 22 heavy (non-hydrogen) atoms. The zero-order valence-corrected chi connectivity index (χ0v) is 13.8. The third-order valence-electron chi connectivity index (χ3n) is 3.97. The van der Waals surface area contributed by atoms with Crippen molar-refractivity contribution in [2.75, 3.05) is 11.9 Å². The van der Waals surface area contributed by atoms with Gasteiger partial charge < -0.3 is 10.2 Å². The first kappa shape index (κ1) is 15.4. The van der Waals surface area contributed by atoms with Crippen molar-refractivity contribution < 1.29 is 9.59 Å². The molecule has 1 aromatic carbocycles. The highest BCUT2D eigenvalue weighted by atomic mass is 35.5. The first-order valence-corrected chi connectivity index (χ1v) is 8.55. The van der Waals surface area contributed by atoms with Gasteiger partial charge in [-0.3, -0.25) is 9.59 Å². The summed E-state index contributed by atoms with van der Waals surface area (Å²) in [6, 6.07) is 5.58. The minimum absolute atomic E-state index is 0.0812. The summed E-state index contributed by atoms with van der Waals surface area (Å²) in [5.41, 5.74) is 0.693. The van der Waals surface area contributed by atoms with Gasteiger partial charge in [0.1, 0.15) is 0 Å². The quantitative estimate of drug-likeness (QED) is 0.796. The van der Waals surface area contributed by atoms with E-state index in [0.717, 1.165) is 30.7 Å². The number of carbonyl (C=O) groups excluding carboxylic acids is 2. The van der Waals surface area contributed by atoms with Crippen molar-refractivity contribution in [2.45, 2.75) is 37.1 Å². The zero-order chi connectivity index (χ0) is 15.7. The third kappa shape index (κ3) is 3.15. The van der Waals surface area contributed by atoms with Crippen LogP contribution in [0.2, 0.25) is 5.02 Å². The van der Waals surface area contributed by atoms with Crippen LogP contribution in [-0.4, -0.2) is 29.3 Å². The van der Waals surface area contributed by atoms with Gasteiger partial charge in [-0.15, -0.1) is 0 Å². The van der Waals surface area contributed by atoms with Gasteiger partial charge in [-0.05, 0) is 44.4 Å². The molecule has 0 bridgehead atoms. The number of benzene rings is 1. The molecule has 0 radical (unpaired) electrons. The minimum Gasteiger partial charge on any atom is -0.336 e. The minimum atomic E-state index is -0.252. The fourth-order valence-corrected chi connectivity index (χ4v) is 3.82. The van der Waals surface area contributed by atoms with Gasteiger partial charge >= 0.3 is 0 Å². The van der Waals surface area contributed by atoms with Gasteiger partial charge in [-0.1, -0.05) is 23.4 Å². The van der Waals surface area contributed by atoms with Crippen LogP contribution in [0, 0.1) is 0 Å². The predicted octanol–water partition coefficient (Wildman–Crippen LogP) is 3.67. The number of likely N-dealkylation sites (tertiary alicyclic amines) is 1. The Labute approximate surface area is 138 Å². The molecule has 1 unspecified atom stereocenters. The highest BCUT2D eigenvalue weighted by Gasteiger charge is 2.26. The maximum Gasteiger partial charge on any atom is 0.262 e. The van der Waals surface area contributed by atoms with E-state index in [1.54, 1.807) is 12.1 Å². The Balaban J connectivity index is 1.81. The van der Waals surface area contributed by atoms with Gasteiger partial charge in [0.05, 0.1) is 10.6 Å². The van der Waals surface area contributed by atoms with E-state index in [0.29, 0.717) is 15.6 Å². The maximum atomic E-state index is 12.4. The smallest absolute Gasteiger partial charge is 0.262 e. The largest absolute Gasteiger partial charge is 0.336 e. The SMILES string of the molecule is CC1CCCCN1C(=O)C=C1Sc2ccc(Cl)cc2NC1=O. The van der Waals surface area contributed by atoms with Crippen LogP contribution in [0.3, 0.4) is 0 Å². The molecule has 1 aromatic rings. The Kier molecular flexibility index (Phi) is 4.45. The number of nitrogens with zero attached hydrogens (tertiary/aromatic N) is 1. The molecule has 1 fully saturated rings. The van der Waals surface area contributed by atoms with Crippen LogP contribution < -0.4 is 5.32 Å². The van der Waals surface area contributed by atoms with Crippen LogP contribution in [0.15, 0.2) is 34.1 Å². The number of thioether (sulfide) groups is 1. The average Bonchev–Trinajstić information content (AvgIpc) is 2.48. The van der Waals surface area contributed by atoms with Gasteiger partial charge in [-0.25, -0.2) is 0 Å². The highest BCUT2D eigenvalue weighted by molar-refractivity contribution is 8.04. The first-order chi connectivity index (χ1) is 10.5. The number of hydrogen-bond donors (Lipinski definition) is 1. The molecule has 2 aliphatic rings. The molecule has 1 atom stereocenters. The lowest BCUT2D eigenvalue weighted by atomic mass is 10.0. The summed E-state index contributed by atoms with van der Waals surface area (Å²) in [6.07, 6.45) is 4.67. The molecule has 0 saturated carbocycles. The molecule has 1 N–H and O–H groups in total. The van der Waals surface area contributed by atoms with E-state index < -0.39 is 0 Å². The number of rotatable bonds is 1. The molecule has 0 aromatic heterocycles. The Morgan fingerprint density at radius 2 is 2.27 bits per heavy atom. The van der Waals surface area contributed by atoms with Crippen molar-refractivity contribution >= 4 is 40.9 Å². The molecule has 2 aliphatic heterocycles. The summed E-state index contributed by atoms with van der Waals surface area (Å²) in [6.45, 7) is 2.82. The van der Waals surface area contributed by atoms with Crippen LogP contribution >= 0.6 is 23.4 Å². The summed E-state index contributed by atoms with van der Waals surface area (Å²) in [5, 5.41) is 3.36. The molecule has 1 saturated heterocycles. The number of fused-ring (bicyclic) bond motifs is 1. The van der Waals surface area contributed by atoms with E-state index in [9.17, 15) is 9.59 Å². The zero-order valence-electron chi connectivity index (χ0n) is 12.3. The first-order valence-electron chi connectivity index (χ1n) is 7.35. The molecule has 2 amide bonds. The van der Waals surface area contributed by atoms with Crippen LogP contribution in [0.5, 0.6) is 0 Å². The number of anilines is 1. The van der Waals surface area contributed by atoms with Gasteiger partial charge in [-0.2, -0.15) is 0 Å². The second-order valence-corrected chi connectivity index (χ2v) is 7.10. The van der Waals surface area contributed by atoms with Crippen molar-refractivity contribution in [3.63, 3.8) is 0 Å². The van der Waals surface area contributed by atoms with Gasteiger partial charge in [0, 0.05) is 28.6 Å². The van der Waals surface area contributed by atoms with Gasteiger partial charge in [0.15, 0.2) is 0 Å². The van der Waals surface area contributed by atoms with E-state index in [1.807, 2.05) is 11.0 Å². The van der Waals surface area contributed by atoms with Crippen molar-refractivity contribution in [2.24, 2.45) is 0 Å². The summed E-state index contributed by atoms with van der Waals surface area (Å²) in [5.74, 6) is -0.333. The Hall–Kier alpha value is -1.46. The van der Waals surface area contributed by atoms with Crippen molar-refractivity contribution in [1.82, 2.24) is 4.90 Å². The Morgan fingerprint density at radius 1 is 1.45 bits per heavy atom. The number of piperidine rings is 1. The number of hydrogen-bond acceptors (Lipinski definition) is 3. The molecule has 0 spiro atoms. The molecule has 4 nitrogen and oxygen atoms in total. The van der Waals surface area contributed by atoms with Crippen LogP contribution in [-0.2, 0) is 9.59 Å². The lowest BCUT2D eigenvalue weighted by Crippen LogP contribution is -2.41. The van der Waals surface area contributed by atoms with Crippen molar-refractivity contribution in [1.29, 1.82) is 0 Å². The molecule has 3 rings (SSSR count). The molecular weight excluding hydrogens is 320 g/mol. The fourth-order valence-electron chi connectivity index (χ4n) is 2.75. The number of halogens is 1. The molecule has 6 heteroatoms. The lowest BCUT2D eigenvalue weighted by Gasteiger charge is -2.32. The van der Waals surface area contributed by atoms with E-state index in [1.165, 1.54) is 17.8 Å². The average molecular weight is 337 g/mol. The van der Waals surface area contributed by atoms with E-state index in [4.69, 9.17) is 11.6 Å². The second-order valence-electron chi connectivity index (χ2n) is 5.58. The topological polar surface area (TPSA) is 49.4 Å². The lowest BCUT2D eigenvalue weighted by molar-refractivity contribution is -0.129. The molecule has 0 aliphatic carbocycles. The van der Waals surface area contributed by atoms with Crippen LogP contribution in [0.4, 0.5) is 5.69 Å². The summed E-state index contributed by atoms with van der Waals surface area (Å²) in [7, 11) is 0. The van der Waals surface area contributed by atoms with E-state index in [2.05, 4.69) is 12.2 Å². The van der Waals surface area contributed by atoms with Crippen LogP contribution in [0.1, 0.15) is 26.2 Å².